The lowest BCUT2D eigenvalue weighted by molar-refractivity contribution is -0.119. The van der Waals surface area contributed by atoms with Gasteiger partial charge in [0.2, 0.25) is 0 Å². The van der Waals surface area contributed by atoms with E-state index in [0.717, 1.165) is 11.3 Å². The Kier molecular flexibility index (Phi) is 3.88. The molecule has 0 bridgehead atoms. The van der Waals surface area contributed by atoms with Crippen LogP contribution >= 0.6 is 0 Å². The first-order chi connectivity index (χ1) is 12.6. The molecule has 0 spiro atoms. The number of benzene rings is 1. The highest BCUT2D eigenvalue weighted by molar-refractivity contribution is 6.06. The van der Waals surface area contributed by atoms with Gasteiger partial charge in [-0.2, -0.15) is 0 Å². The molecule has 142 valence electrons. The van der Waals surface area contributed by atoms with Crippen molar-refractivity contribution in [3.8, 4) is 5.75 Å². The van der Waals surface area contributed by atoms with Crippen molar-refractivity contribution in [3.63, 3.8) is 0 Å². The number of carbonyl (C=O) groups is 2. The van der Waals surface area contributed by atoms with E-state index in [1.54, 1.807) is 0 Å². The molecule has 0 radical (unpaired) electrons. The highest BCUT2D eigenvalue weighted by atomic mass is 16.5. The summed E-state index contributed by atoms with van der Waals surface area (Å²) in [7, 11) is 0. The molecule has 2 N–H and O–H groups in total. The highest BCUT2D eigenvalue weighted by Gasteiger charge is 2.46. The third kappa shape index (κ3) is 3.01. The van der Waals surface area contributed by atoms with Gasteiger partial charge in [-0.1, -0.05) is 45.9 Å². The molecular weight excluding hydrogens is 338 g/mol. The predicted molar refractivity (Wildman–Crippen MR) is 104 cm³/mol. The zero-order chi connectivity index (χ0) is 19.6. The van der Waals surface area contributed by atoms with Crippen molar-refractivity contribution in [2.45, 2.75) is 59.3 Å². The second-order valence-corrected chi connectivity index (χ2v) is 9.73. The number of ketones is 2. The minimum atomic E-state index is -0.405. The first-order valence-corrected chi connectivity index (χ1v) is 9.63. The van der Waals surface area contributed by atoms with Gasteiger partial charge >= 0.3 is 0 Å². The topological polar surface area (TPSA) is 69.4 Å². The molecule has 1 atom stereocenters. The molecule has 3 aliphatic rings. The van der Waals surface area contributed by atoms with Gasteiger partial charge in [-0.25, -0.2) is 0 Å². The molecule has 1 aromatic rings. The Morgan fingerprint density at radius 3 is 2.15 bits per heavy atom. The van der Waals surface area contributed by atoms with Crippen LogP contribution in [0, 0.1) is 10.8 Å². The summed E-state index contributed by atoms with van der Waals surface area (Å²) < 4.78 is 6.16. The van der Waals surface area contributed by atoms with Gasteiger partial charge in [-0.15, -0.1) is 0 Å². The van der Waals surface area contributed by atoms with Crippen LogP contribution in [0.25, 0.3) is 0 Å². The van der Waals surface area contributed by atoms with Crippen molar-refractivity contribution in [2.24, 2.45) is 16.6 Å². The SMILES string of the molecule is CC1(C)CC(=O)C([C@@H]2C3=C(CC(C)(C)CC3=O)Oc3ccccc32)=C(N)C1. The number of hydrogen-bond donors (Lipinski definition) is 1. The second kappa shape index (κ2) is 5.82. The average molecular weight is 365 g/mol. The maximum atomic E-state index is 13.1. The zero-order valence-electron chi connectivity index (χ0n) is 16.5. The molecule has 27 heavy (non-hydrogen) atoms. The molecule has 1 heterocycles. The number of carbonyl (C=O) groups excluding carboxylic acids is 2. The number of rotatable bonds is 1. The van der Waals surface area contributed by atoms with E-state index in [1.165, 1.54) is 0 Å². The van der Waals surface area contributed by atoms with Gasteiger partial charge in [-0.05, 0) is 23.3 Å². The highest BCUT2D eigenvalue weighted by Crippen LogP contribution is 2.52. The Labute approximate surface area is 160 Å². The average Bonchev–Trinajstić information content (AvgIpc) is 2.50. The Hall–Kier alpha value is -2.36. The van der Waals surface area contributed by atoms with E-state index in [2.05, 4.69) is 27.7 Å². The van der Waals surface area contributed by atoms with E-state index in [4.69, 9.17) is 10.5 Å². The molecule has 1 aromatic carbocycles. The van der Waals surface area contributed by atoms with Gasteiger partial charge in [0.1, 0.15) is 11.5 Å². The molecule has 2 aliphatic carbocycles. The Bertz CT molecular complexity index is 917. The molecular formula is C23H27NO3. The number of ether oxygens (including phenoxy) is 1. The van der Waals surface area contributed by atoms with E-state index in [9.17, 15) is 9.59 Å². The molecule has 1 aliphatic heterocycles. The second-order valence-electron chi connectivity index (χ2n) is 9.73. The maximum absolute atomic E-state index is 13.1. The van der Waals surface area contributed by atoms with Crippen molar-refractivity contribution < 1.29 is 14.3 Å². The summed E-state index contributed by atoms with van der Waals surface area (Å²) in [6.07, 6.45) is 2.26. The van der Waals surface area contributed by atoms with Gasteiger partial charge in [0.05, 0.1) is 0 Å². The molecule has 0 unspecified atom stereocenters. The van der Waals surface area contributed by atoms with Crippen LogP contribution in [0.15, 0.2) is 46.9 Å². The van der Waals surface area contributed by atoms with E-state index >= 15 is 0 Å². The largest absolute Gasteiger partial charge is 0.461 e. The first-order valence-electron chi connectivity index (χ1n) is 9.63. The summed E-state index contributed by atoms with van der Waals surface area (Å²) in [5.74, 6) is 1.15. The molecule has 0 aromatic heterocycles. The summed E-state index contributed by atoms with van der Waals surface area (Å²) in [6, 6.07) is 7.70. The molecule has 0 saturated carbocycles. The van der Waals surface area contributed by atoms with Crippen molar-refractivity contribution in [1.29, 1.82) is 0 Å². The fraction of sp³-hybridized carbons (Fsp3) is 0.478. The van der Waals surface area contributed by atoms with E-state index in [0.29, 0.717) is 48.3 Å². The number of nitrogens with two attached hydrogens (primary N) is 1. The van der Waals surface area contributed by atoms with E-state index < -0.39 is 5.92 Å². The minimum Gasteiger partial charge on any atom is -0.461 e. The van der Waals surface area contributed by atoms with Gasteiger partial charge in [0, 0.05) is 47.6 Å². The first kappa shape index (κ1) is 18.0. The summed E-state index contributed by atoms with van der Waals surface area (Å²) in [5.41, 5.74) is 8.87. The van der Waals surface area contributed by atoms with Crippen LogP contribution in [0.5, 0.6) is 5.75 Å². The lowest BCUT2D eigenvalue weighted by Gasteiger charge is -2.40. The number of Topliss-reactive ketones (excluding diaryl/α,β-unsaturated/α-hetero) is 2. The molecule has 0 amide bonds. The van der Waals surface area contributed by atoms with Crippen LogP contribution in [0.4, 0.5) is 0 Å². The number of fused-ring (bicyclic) bond motifs is 1. The fourth-order valence-electron chi connectivity index (χ4n) is 4.82. The smallest absolute Gasteiger partial charge is 0.163 e. The van der Waals surface area contributed by atoms with Crippen molar-refractivity contribution in [2.75, 3.05) is 0 Å². The molecule has 4 heteroatoms. The lowest BCUT2D eigenvalue weighted by atomic mass is 9.66. The van der Waals surface area contributed by atoms with Crippen molar-refractivity contribution in [1.82, 2.24) is 0 Å². The quantitative estimate of drug-likeness (QED) is 0.800. The Balaban J connectivity index is 1.93. The Morgan fingerprint density at radius 2 is 1.48 bits per heavy atom. The standard InChI is InChI=1S/C23H27NO3/c1-22(2)9-14(24)20(15(25)10-22)19-13-7-5-6-8-17(13)27-18-12-23(3,4)11-16(26)21(18)19/h5-8,19H,9-12,24H2,1-4H3/t19-/m1/s1. The number of para-hydroxylation sites is 1. The third-order valence-corrected chi connectivity index (χ3v) is 5.87. The normalized spacial score (nSPS) is 26.4. The lowest BCUT2D eigenvalue weighted by Crippen LogP contribution is -2.37. The van der Waals surface area contributed by atoms with Crippen molar-refractivity contribution >= 4 is 11.6 Å². The molecule has 4 nitrogen and oxygen atoms in total. The third-order valence-electron chi connectivity index (χ3n) is 5.87. The molecule has 0 saturated heterocycles. The van der Waals surface area contributed by atoms with Crippen LogP contribution < -0.4 is 10.5 Å². The van der Waals surface area contributed by atoms with Gasteiger partial charge in [-0.3, -0.25) is 9.59 Å². The molecule has 4 rings (SSSR count). The monoisotopic (exact) mass is 365 g/mol. The van der Waals surface area contributed by atoms with E-state index in [-0.39, 0.29) is 22.4 Å². The van der Waals surface area contributed by atoms with E-state index in [1.807, 2.05) is 24.3 Å². The maximum Gasteiger partial charge on any atom is 0.163 e. The van der Waals surface area contributed by atoms with Gasteiger partial charge in [0.25, 0.3) is 0 Å². The number of hydrogen-bond acceptors (Lipinski definition) is 4. The van der Waals surface area contributed by atoms with Crippen LogP contribution in [0.1, 0.15) is 64.9 Å². The zero-order valence-corrected chi connectivity index (χ0v) is 16.5. The summed E-state index contributed by atoms with van der Waals surface area (Å²) in [6.45, 7) is 8.28. The number of allylic oxidation sites excluding steroid dienone is 4. The van der Waals surface area contributed by atoms with Crippen LogP contribution in [0.2, 0.25) is 0 Å². The molecule has 0 fully saturated rings. The van der Waals surface area contributed by atoms with Crippen LogP contribution in [-0.2, 0) is 9.59 Å². The van der Waals surface area contributed by atoms with Crippen LogP contribution in [0.3, 0.4) is 0 Å². The summed E-state index contributed by atoms with van der Waals surface area (Å²) >= 11 is 0. The van der Waals surface area contributed by atoms with Crippen molar-refractivity contribution in [3.05, 3.63) is 52.4 Å². The minimum absolute atomic E-state index is 0.0509. The fourth-order valence-corrected chi connectivity index (χ4v) is 4.82. The predicted octanol–water partition coefficient (Wildman–Crippen LogP) is 4.41. The Morgan fingerprint density at radius 1 is 0.889 bits per heavy atom. The van der Waals surface area contributed by atoms with Gasteiger partial charge in [0.15, 0.2) is 11.6 Å². The van der Waals surface area contributed by atoms with Gasteiger partial charge < -0.3 is 10.5 Å². The summed E-state index contributed by atoms with van der Waals surface area (Å²) in [4.78, 5) is 26.3. The summed E-state index contributed by atoms with van der Waals surface area (Å²) in [5, 5.41) is 0. The van der Waals surface area contributed by atoms with Crippen LogP contribution in [-0.4, -0.2) is 11.6 Å².